The Bertz CT molecular complexity index is 901. The van der Waals surface area contributed by atoms with Crippen LogP contribution in [0.15, 0.2) is 35.2 Å². The van der Waals surface area contributed by atoms with Crippen LogP contribution in [0.4, 0.5) is 11.5 Å². The maximum absolute atomic E-state index is 5.40. The number of hydrogen-bond acceptors (Lipinski definition) is 7. The molecular weight excluding hydrogens is 342 g/mol. The smallest absolute Gasteiger partial charge is 0.258 e. The molecular formula is C19H25N7O. The lowest BCUT2D eigenvalue weighted by atomic mass is 10.1. The van der Waals surface area contributed by atoms with E-state index >= 15 is 0 Å². The number of rotatable bonds is 5. The molecule has 1 N–H and O–H groups in total. The first-order valence-corrected chi connectivity index (χ1v) is 9.38. The maximum atomic E-state index is 5.40. The van der Waals surface area contributed by atoms with Gasteiger partial charge in [-0.3, -0.25) is 4.68 Å². The molecule has 8 nitrogen and oxygen atoms in total. The van der Waals surface area contributed by atoms with Gasteiger partial charge in [-0.15, -0.1) is 0 Å². The van der Waals surface area contributed by atoms with Crippen molar-refractivity contribution in [2.45, 2.75) is 38.6 Å². The highest BCUT2D eigenvalue weighted by Gasteiger charge is 2.21. The number of piperidine rings is 1. The average Bonchev–Trinajstić information content (AvgIpc) is 3.32. The third-order valence-electron chi connectivity index (χ3n) is 4.79. The van der Waals surface area contributed by atoms with Crippen molar-refractivity contribution in [1.82, 2.24) is 24.9 Å². The van der Waals surface area contributed by atoms with Gasteiger partial charge in [0.1, 0.15) is 5.82 Å². The van der Waals surface area contributed by atoms with E-state index in [1.54, 1.807) is 6.20 Å². The molecule has 1 aliphatic rings. The number of nitrogens with zero attached hydrogens (tertiary/aromatic N) is 6. The molecule has 1 unspecified atom stereocenters. The molecule has 0 saturated carbocycles. The molecule has 0 radical (unpaired) electrons. The number of nitrogens with one attached hydrogen (secondary N) is 1. The van der Waals surface area contributed by atoms with Crippen LogP contribution in [-0.4, -0.2) is 44.0 Å². The fraction of sp³-hybridized carbons (Fsp3) is 0.474. The van der Waals surface area contributed by atoms with Crippen molar-refractivity contribution in [1.29, 1.82) is 0 Å². The van der Waals surface area contributed by atoms with E-state index in [0.29, 0.717) is 11.9 Å². The van der Waals surface area contributed by atoms with E-state index in [1.807, 2.05) is 43.9 Å². The molecule has 27 heavy (non-hydrogen) atoms. The van der Waals surface area contributed by atoms with Crippen LogP contribution < -0.4 is 10.2 Å². The largest absolute Gasteiger partial charge is 0.367 e. The van der Waals surface area contributed by atoms with E-state index in [1.165, 1.54) is 0 Å². The number of anilines is 2. The average molecular weight is 367 g/mol. The first-order chi connectivity index (χ1) is 13.1. The normalized spacial score (nSPS) is 17.5. The fourth-order valence-electron chi connectivity index (χ4n) is 3.34. The highest BCUT2D eigenvalue weighted by atomic mass is 16.5. The Balaban J connectivity index is 1.46. The lowest BCUT2D eigenvalue weighted by Crippen LogP contribution is -2.42. The van der Waals surface area contributed by atoms with Crippen molar-refractivity contribution in [2.24, 2.45) is 7.05 Å². The highest BCUT2D eigenvalue weighted by Crippen LogP contribution is 2.24. The number of pyridine rings is 1. The van der Waals surface area contributed by atoms with Crippen LogP contribution in [0.1, 0.15) is 38.4 Å². The van der Waals surface area contributed by atoms with Gasteiger partial charge >= 0.3 is 0 Å². The molecule has 1 fully saturated rings. The van der Waals surface area contributed by atoms with Gasteiger partial charge in [-0.1, -0.05) is 19.0 Å². The Kier molecular flexibility index (Phi) is 4.79. The molecule has 0 bridgehead atoms. The molecule has 3 aromatic rings. The minimum absolute atomic E-state index is 0.239. The number of hydrogen-bond donors (Lipinski definition) is 1. The van der Waals surface area contributed by atoms with Gasteiger partial charge < -0.3 is 14.7 Å². The van der Waals surface area contributed by atoms with Crippen LogP contribution in [0.3, 0.4) is 0 Å². The Labute approximate surface area is 158 Å². The van der Waals surface area contributed by atoms with Crippen molar-refractivity contribution in [3.8, 4) is 11.5 Å². The van der Waals surface area contributed by atoms with Gasteiger partial charge in [0.25, 0.3) is 5.89 Å². The van der Waals surface area contributed by atoms with E-state index in [2.05, 4.69) is 36.6 Å². The molecule has 4 rings (SSSR count). The lowest BCUT2D eigenvalue weighted by Gasteiger charge is -2.34. The molecule has 8 heteroatoms. The minimum atomic E-state index is 0.239. The van der Waals surface area contributed by atoms with Gasteiger partial charge in [0.05, 0.1) is 11.9 Å². The molecule has 1 atom stereocenters. The van der Waals surface area contributed by atoms with Crippen LogP contribution in [0.2, 0.25) is 0 Å². The molecule has 3 aromatic heterocycles. The third kappa shape index (κ3) is 3.94. The van der Waals surface area contributed by atoms with Crippen molar-refractivity contribution in [3.05, 3.63) is 36.5 Å². The predicted molar refractivity (Wildman–Crippen MR) is 104 cm³/mol. The molecule has 0 spiro atoms. The molecule has 0 aromatic carbocycles. The minimum Gasteiger partial charge on any atom is -0.367 e. The van der Waals surface area contributed by atoms with Crippen molar-refractivity contribution < 1.29 is 4.52 Å². The Morgan fingerprint density at radius 2 is 2.22 bits per heavy atom. The van der Waals surface area contributed by atoms with Crippen molar-refractivity contribution >= 4 is 11.5 Å². The fourth-order valence-corrected chi connectivity index (χ4v) is 3.34. The van der Waals surface area contributed by atoms with Crippen LogP contribution in [0, 0.1) is 0 Å². The van der Waals surface area contributed by atoms with Gasteiger partial charge in [0.2, 0.25) is 0 Å². The first-order valence-electron chi connectivity index (χ1n) is 9.38. The summed E-state index contributed by atoms with van der Waals surface area (Å²) in [5, 5.41) is 11.9. The summed E-state index contributed by atoms with van der Waals surface area (Å²) in [5.74, 6) is 2.32. The monoisotopic (exact) mass is 367 g/mol. The summed E-state index contributed by atoms with van der Waals surface area (Å²) < 4.78 is 7.24. The zero-order valence-electron chi connectivity index (χ0n) is 16.0. The van der Waals surface area contributed by atoms with Gasteiger partial charge in [-0.25, -0.2) is 4.98 Å². The Morgan fingerprint density at radius 1 is 1.33 bits per heavy atom. The summed E-state index contributed by atoms with van der Waals surface area (Å²) in [4.78, 5) is 11.3. The highest BCUT2D eigenvalue weighted by molar-refractivity contribution is 5.58. The van der Waals surface area contributed by atoms with Gasteiger partial charge in [-0.05, 0) is 25.0 Å². The summed E-state index contributed by atoms with van der Waals surface area (Å²) in [7, 11) is 1.95. The second kappa shape index (κ2) is 7.38. The van der Waals surface area contributed by atoms with Gasteiger partial charge in [-0.2, -0.15) is 10.1 Å². The summed E-state index contributed by atoms with van der Waals surface area (Å²) >= 11 is 0. The quantitative estimate of drug-likeness (QED) is 0.742. The predicted octanol–water partition coefficient (Wildman–Crippen LogP) is 3.07. The summed E-state index contributed by atoms with van der Waals surface area (Å²) in [6.07, 6.45) is 8.00. The number of aromatic nitrogens is 5. The zero-order chi connectivity index (χ0) is 18.8. The molecule has 142 valence electrons. The van der Waals surface area contributed by atoms with E-state index in [9.17, 15) is 0 Å². The molecule has 4 heterocycles. The van der Waals surface area contributed by atoms with Crippen LogP contribution >= 0.6 is 0 Å². The first kappa shape index (κ1) is 17.5. The lowest BCUT2D eigenvalue weighted by molar-refractivity contribution is 0.419. The van der Waals surface area contributed by atoms with E-state index in [0.717, 1.165) is 48.8 Å². The summed E-state index contributed by atoms with van der Waals surface area (Å²) in [6, 6.07) is 4.20. The maximum Gasteiger partial charge on any atom is 0.258 e. The Hall–Kier alpha value is -2.90. The van der Waals surface area contributed by atoms with Crippen molar-refractivity contribution in [2.75, 3.05) is 23.3 Å². The van der Waals surface area contributed by atoms with Gasteiger partial charge in [0.15, 0.2) is 5.82 Å². The van der Waals surface area contributed by atoms with Crippen LogP contribution in [0.5, 0.6) is 0 Å². The molecule has 1 aliphatic heterocycles. The van der Waals surface area contributed by atoms with Gasteiger partial charge in [0, 0.05) is 50.1 Å². The van der Waals surface area contributed by atoms with E-state index in [4.69, 9.17) is 4.52 Å². The third-order valence-corrected chi connectivity index (χ3v) is 4.79. The standard InChI is InChI=1S/C19H25N7O/c1-13(2)18-23-19(27-24-18)14-6-7-20-17(9-14)22-15-5-4-8-26(11-15)16-10-21-25(3)12-16/h6-7,9-10,12-13,15H,4-5,8,11H2,1-3H3,(H,20,22). The second-order valence-electron chi connectivity index (χ2n) is 7.34. The van der Waals surface area contributed by atoms with Crippen molar-refractivity contribution in [3.63, 3.8) is 0 Å². The second-order valence-corrected chi connectivity index (χ2v) is 7.34. The number of aryl methyl sites for hydroxylation is 1. The van der Waals surface area contributed by atoms with E-state index in [-0.39, 0.29) is 5.92 Å². The molecule has 1 saturated heterocycles. The Morgan fingerprint density at radius 3 is 2.96 bits per heavy atom. The molecule has 0 amide bonds. The van der Waals surface area contributed by atoms with E-state index < -0.39 is 0 Å². The zero-order valence-corrected chi connectivity index (χ0v) is 16.0. The summed E-state index contributed by atoms with van der Waals surface area (Å²) in [5.41, 5.74) is 2.05. The topological polar surface area (TPSA) is 84.9 Å². The SMILES string of the molecule is CC(C)c1noc(-c2ccnc(NC3CCCN(c4cnn(C)c4)C3)c2)n1. The van der Waals surface area contributed by atoms with Crippen LogP contribution in [0.25, 0.3) is 11.5 Å². The van der Waals surface area contributed by atoms with Crippen LogP contribution in [-0.2, 0) is 7.05 Å². The molecule has 0 aliphatic carbocycles. The summed E-state index contributed by atoms with van der Waals surface area (Å²) in [6.45, 7) is 6.07.